The van der Waals surface area contributed by atoms with Gasteiger partial charge in [0.15, 0.2) is 4.96 Å². The highest BCUT2D eigenvalue weighted by Gasteiger charge is 2.34. The number of fused-ring (bicyclic) bond motifs is 1. The Labute approximate surface area is 119 Å². The van der Waals surface area contributed by atoms with Gasteiger partial charge in [0, 0.05) is 23.2 Å². The highest BCUT2D eigenvalue weighted by Crippen LogP contribution is 2.34. The molecule has 0 aliphatic heterocycles. The number of hydrogen-bond donors (Lipinski definition) is 0. The van der Waals surface area contributed by atoms with Gasteiger partial charge in [0.05, 0.1) is 11.3 Å². The van der Waals surface area contributed by atoms with Crippen LogP contribution in [0.1, 0.15) is 5.56 Å². The number of aromatic nitrogens is 2. The normalized spacial score (nSPS) is 12.0. The average Bonchev–Trinajstić information content (AvgIpc) is 2.83. The molecule has 8 heteroatoms. The lowest BCUT2D eigenvalue weighted by atomic mass is 10.1. The van der Waals surface area contributed by atoms with Gasteiger partial charge in [-0.3, -0.25) is 9.20 Å². The summed E-state index contributed by atoms with van der Waals surface area (Å²) in [6.45, 7) is 0. The number of halogens is 4. The molecule has 3 nitrogen and oxygen atoms in total. The minimum Gasteiger partial charge on any atom is -0.269 e. The fourth-order valence-electron chi connectivity index (χ4n) is 1.96. The predicted octanol–water partition coefficient (Wildman–Crippen LogP) is 3.58. The smallest absolute Gasteiger partial charge is 0.269 e. The number of rotatable bonds is 1. The van der Waals surface area contributed by atoms with Crippen LogP contribution in [0.5, 0.6) is 0 Å². The van der Waals surface area contributed by atoms with Crippen molar-refractivity contribution in [3.05, 3.63) is 57.6 Å². The van der Waals surface area contributed by atoms with E-state index in [1.807, 2.05) is 0 Å². The van der Waals surface area contributed by atoms with Gasteiger partial charge in [-0.15, -0.1) is 11.3 Å². The highest BCUT2D eigenvalue weighted by atomic mass is 32.1. The Balaban J connectivity index is 2.27. The van der Waals surface area contributed by atoms with Crippen LogP contribution in [0.3, 0.4) is 0 Å². The van der Waals surface area contributed by atoms with Gasteiger partial charge in [-0.1, -0.05) is 0 Å². The third kappa shape index (κ3) is 2.31. The number of nitrogens with zero attached hydrogens (tertiary/aromatic N) is 2. The lowest BCUT2D eigenvalue weighted by Crippen LogP contribution is -2.13. The summed E-state index contributed by atoms with van der Waals surface area (Å²) in [5.74, 6) is -1.35. The van der Waals surface area contributed by atoms with Crippen LogP contribution in [-0.2, 0) is 6.18 Å². The van der Waals surface area contributed by atoms with E-state index in [0.717, 1.165) is 17.4 Å². The first kappa shape index (κ1) is 13.7. The van der Waals surface area contributed by atoms with E-state index in [9.17, 15) is 22.4 Å². The maximum Gasteiger partial charge on any atom is 0.419 e. The third-order valence-corrected chi connectivity index (χ3v) is 3.74. The van der Waals surface area contributed by atoms with Gasteiger partial charge in [0.1, 0.15) is 5.82 Å². The zero-order chi connectivity index (χ0) is 15.2. The maximum absolute atomic E-state index is 13.3. The zero-order valence-corrected chi connectivity index (χ0v) is 11.0. The van der Waals surface area contributed by atoms with E-state index in [4.69, 9.17) is 0 Å². The molecule has 0 unspecified atom stereocenters. The molecular weight excluding hydrogens is 308 g/mol. The van der Waals surface area contributed by atoms with Gasteiger partial charge in [0.25, 0.3) is 5.56 Å². The molecule has 0 aliphatic carbocycles. The minimum absolute atomic E-state index is 0.102. The van der Waals surface area contributed by atoms with Crippen molar-refractivity contribution in [1.82, 2.24) is 9.38 Å². The summed E-state index contributed by atoms with van der Waals surface area (Å²) in [6, 6.07) is 3.84. The standard InChI is InChI=1S/C13H6F4N2OS/c14-9-2-1-7(5-8(9)13(15,16)17)10-6-21-12-18-4-3-11(20)19(10)12/h1-6H. The second-order valence-corrected chi connectivity index (χ2v) is 5.05. The second-order valence-electron chi connectivity index (χ2n) is 4.21. The molecule has 0 spiro atoms. The van der Waals surface area contributed by atoms with Crippen molar-refractivity contribution < 1.29 is 17.6 Å². The topological polar surface area (TPSA) is 34.4 Å². The van der Waals surface area contributed by atoms with Gasteiger partial charge in [0.2, 0.25) is 0 Å². The Morgan fingerprint density at radius 1 is 1.19 bits per heavy atom. The first-order valence-electron chi connectivity index (χ1n) is 5.70. The molecule has 3 rings (SSSR count). The Kier molecular flexibility index (Phi) is 3.05. The van der Waals surface area contributed by atoms with Crippen molar-refractivity contribution in [3.63, 3.8) is 0 Å². The van der Waals surface area contributed by atoms with Crippen LogP contribution in [0.15, 0.2) is 40.6 Å². The molecule has 0 amide bonds. The van der Waals surface area contributed by atoms with Gasteiger partial charge < -0.3 is 0 Å². The lowest BCUT2D eigenvalue weighted by molar-refractivity contribution is -0.139. The summed E-state index contributed by atoms with van der Waals surface area (Å²) >= 11 is 1.12. The minimum atomic E-state index is -4.80. The summed E-state index contributed by atoms with van der Waals surface area (Å²) < 4.78 is 52.7. The van der Waals surface area contributed by atoms with Crippen LogP contribution in [0.4, 0.5) is 17.6 Å². The quantitative estimate of drug-likeness (QED) is 0.643. The fraction of sp³-hybridized carbons (Fsp3) is 0.0769. The Morgan fingerprint density at radius 3 is 2.67 bits per heavy atom. The zero-order valence-electron chi connectivity index (χ0n) is 10.2. The Bertz CT molecular complexity index is 882. The summed E-state index contributed by atoms with van der Waals surface area (Å²) in [5, 5.41) is 1.51. The molecule has 0 saturated carbocycles. The lowest BCUT2D eigenvalue weighted by Gasteiger charge is -2.09. The van der Waals surface area contributed by atoms with E-state index < -0.39 is 23.1 Å². The summed E-state index contributed by atoms with van der Waals surface area (Å²) in [6.07, 6.45) is -3.47. The highest BCUT2D eigenvalue weighted by molar-refractivity contribution is 7.15. The van der Waals surface area contributed by atoms with Gasteiger partial charge in [-0.25, -0.2) is 9.37 Å². The van der Waals surface area contributed by atoms with Crippen LogP contribution in [0.2, 0.25) is 0 Å². The number of hydrogen-bond acceptors (Lipinski definition) is 3. The fourth-order valence-corrected chi connectivity index (χ4v) is 2.83. The number of alkyl halides is 3. The van der Waals surface area contributed by atoms with Crippen LogP contribution >= 0.6 is 11.3 Å². The number of benzene rings is 1. The molecule has 0 fully saturated rings. The van der Waals surface area contributed by atoms with Crippen LogP contribution in [0.25, 0.3) is 16.2 Å². The Morgan fingerprint density at radius 2 is 1.95 bits per heavy atom. The van der Waals surface area contributed by atoms with Crippen molar-refractivity contribution in [2.45, 2.75) is 6.18 Å². The van der Waals surface area contributed by atoms with Crippen LogP contribution in [-0.4, -0.2) is 9.38 Å². The van der Waals surface area contributed by atoms with Gasteiger partial charge in [-0.05, 0) is 18.2 Å². The summed E-state index contributed by atoms with van der Waals surface area (Å²) in [5.41, 5.74) is -1.42. The molecule has 108 valence electrons. The second kappa shape index (κ2) is 4.66. The predicted molar refractivity (Wildman–Crippen MR) is 69.7 cm³/mol. The SMILES string of the molecule is O=c1ccnc2scc(-c3ccc(F)c(C(F)(F)F)c3)n12. The molecule has 0 aliphatic rings. The monoisotopic (exact) mass is 314 g/mol. The summed E-state index contributed by atoms with van der Waals surface area (Å²) in [4.78, 5) is 16.1. The Hall–Kier alpha value is -2.22. The van der Waals surface area contributed by atoms with E-state index in [-0.39, 0.29) is 11.3 Å². The summed E-state index contributed by atoms with van der Waals surface area (Å²) in [7, 11) is 0. The van der Waals surface area contributed by atoms with Crippen LogP contribution < -0.4 is 5.56 Å². The molecule has 0 radical (unpaired) electrons. The van der Waals surface area contributed by atoms with Crippen molar-refractivity contribution in [2.24, 2.45) is 0 Å². The molecule has 0 saturated heterocycles. The maximum atomic E-state index is 13.3. The average molecular weight is 314 g/mol. The van der Waals surface area contributed by atoms with Gasteiger partial charge in [-0.2, -0.15) is 13.2 Å². The molecule has 1 aromatic carbocycles. The number of thiazole rings is 1. The molecule has 0 N–H and O–H groups in total. The van der Waals surface area contributed by atoms with E-state index in [0.29, 0.717) is 11.0 Å². The third-order valence-electron chi connectivity index (χ3n) is 2.90. The van der Waals surface area contributed by atoms with E-state index in [1.54, 1.807) is 0 Å². The molecule has 21 heavy (non-hydrogen) atoms. The van der Waals surface area contributed by atoms with Crippen molar-refractivity contribution in [2.75, 3.05) is 0 Å². The van der Waals surface area contributed by atoms with Crippen molar-refractivity contribution >= 4 is 16.3 Å². The molecule has 0 atom stereocenters. The van der Waals surface area contributed by atoms with E-state index in [1.165, 1.54) is 28.1 Å². The first-order valence-corrected chi connectivity index (χ1v) is 6.58. The molecule has 3 aromatic rings. The molecule has 2 heterocycles. The molecule has 2 aromatic heterocycles. The van der Waals surface area contributed by atoms with E-state index >= 15 is 0 Å². The molecular formula is C13H6F4N2OS. The van der Waals surface area contributed by atoms with Crippen molar-refractivity contribution in [3.8, 4) is 11.3 Å². The first-order chi connectivity index (χ1) is 9.88. The van der Waals surface area contributed by atoms with E-state index in [2.05, 4.69) is 4.98 Å². The largest absolute Gasteiger partial charge is 0.419 e. The van der Waals surface area contributed by atoms with Crippen LogP contribution in [0, 0.1) is 5.82 Å². The van der Waals surface area contributed by atoms with Gasteiger partial charge >= 0.3 is 6.18 Å². The molecule has 0 bridgehead atoms. The van der Waals surface area contributed by atoms with Crippen molar-refractivity contribution in [1.29, 1.82) is 0 Å².